The standard InChI is InChI=1S/C15H15N3O2/c1-19-12-4-2-5-13(8-12)20-10-11-9-18-7-3-6-14(16)15(18)17-11/h2-9H,10,16H2,1H3. The molecule has 5 nitrogen and oxygen atoms in total. The van der Waals surface area contributed by atoms with Gasteiger partial charge in [-0.25, -0.2) is 4.98 Å². The molecule has 0 radical (unpaired) electrons. The van der Waals surface area contributed by atoms with E-state index in [0.29, 0.717) is 12.3 Å². The topological polar surface area (TPSA) is 61.8 Å². The molecule has 0 aliphatic carbocycles. The molecule has 0 spiro atoms. The number of methoxy groups -OCH3 is 1. The zero-order chi connectivity index (χ0) is 13.9. The van der Waals surface area contributed by atoms with E-state index in [9.17, 15) is 0 Å². The van der Waals surface area contributed by atoms with E-state index in [4.69, 9.17) is 15.2 Å². The van der Waals surface area contributed by atoms with Crippen LogP contribution in [0.25, 0.3) is 5.65 Å². The maximum atomic E-state index is 5.87. The highest BCUT2D eigenvalue weighted by Crippen LogP contribution is 2.20. The molecule has 0 atom stereocenters. The first-order valence-corrected chi connectivity index (χ1v) is 6.25. The van der Waals surface area contributed by atoms with Crippen molar-refractivity contribution in [3.8, 4) is 11.5 Å². The summed E-state index contributed by atoms with van der Waals surface area (Å²) in [5.74, 6) is 1.51. The number of ether oxygens (including phenoxy) is 2. The summed E-state index contributed by atoms with van der Waals surface area (Å²) in [4.78, 5) is 4.45. The summed E-state index contributed by atoms with van der Waals surface area (Å²) in [6.45, 7) is 0.383. The van der Waals surface area contributed by atoms with Crippen LogP contribution in [0.4, 0.5) is 5.69 Å². The van der Waals surface area contributed by atoms with Crippen LogP contribution in [0.1, 0.15) is 5.69 Å². The molecule has 2 heterocycles. The predicted octanol–water partition coefficient (Wildman–Crippen LogP) is 2.50. The molecule has 0 amide bonds. The monoisotopic (exact) mass is 269 g/mol. The zero-order valence-corrected chi connectivity index (χ0v) is 11.1. The highest BCUT2D eigenvalue weighted by atomic mass is 16.5. The van der Waals surface area contributed by atoms with Gasteiger partial charge in [0.15, 0.2) is 5.65 Å². The van der Waals surface area contributed by atoms with E-state index in [1.165, 1.54) is 0 Å². The third-order valence-corrected chi connectivity index (χ3v) is 2.99. The Morgan fingerprint density at radius 2 is 2.05 bits per heavy atom. The minimum absolute atomic E-state index is 0.383. The lowest BCUT2D eigenvalue weighted by atomic mass is 10.3. The van der Waals surface area contributed by atoms with Crippen LogP contribution in [0.5, 0.6) is 11.5 Å². The fourth-order valence-corrected chi connectivity index (χ4v) is 2.00. The van der Waals surface area contributed by atoms with Gasteiger partial charge in [-0.2, -0.15) is 0 Å². The first-order valence-electron chi connectivity index (χ1n) is 6.25. The van der Waals surface area contributed by atoms with E-state index >= 15 is 0 Å². The third-order valence-electron chi connectivity index (χ3n) is 2.99. The Hall–Kier alpha value is -2.69. The predicted molar refractivity (Wildman–Crippen MR) is 76.9 cm³/mol. The lowest BCUT2D eigenvalue weighted by Crippen LogP contribution is -1.96. The molecule has 0 aliphatic rings. The van der Waals surface area contributed by atoms with Gasteiger partial charge in [-0.05, 0) is 24.3 Å². The first-order chi connectivity index (χ1) is 9.76. The number of hydrogen-bond donors (Lipinski definition) is 1. The second-order valence-electron chi connectivity index (χ2n) is 4.39. The molecule has 102 valence electrons. The number of pyridine rings is 1. The van der Waals surface area contributed by atoms with Gasteiger partial charge in [-0.1, -0.05) is 6.07 Å². The van der Waals surface area contributed by atoms with Gasteiger partial charge in [0.05, 0.1) is 18.5 Å². The molecule has 20 heavy (non-hydrogen) atoms. The van der Waals surface area contributed by atoms with Crippen molar-refractivity contribution in [3.63, 3.8) is 0 Å². The van der Waals surface area contributed by atoms with E-state index in [1.54, 1.807) is 7.11 Å². The Morgan fingerprint density at radius 3 is 2.85 bits per heavy atom. The quantitative estimate of drug-likeness (QED) is 0.790. The number of rotatable bonds is 4. The molecule has 0 aliphatic heterocycles. The Morgan fingerprint density at radius 1 is 1.20 bits per heavy atom. The molecule has 0 saturated heterocycles. The molecular formula is C15H15N3O2. The van der Waals surface area contributed by atoms with Gasteiger partial charge in [0.1, 0.15) is 18.1 Å². The highest BCUT2D eigenvalue weighted by Gasteiger charge is 2.05. The fourth-order valence-electron chi connectivity index (χ4n) is 2.00. The van der Waals surface area contributed by atoms with E-state index in [0.717, 1.165) is 22.8 Å². The number of benzene rings is 1. The smallest absolute Gasteiger partial charge is 0.160 e. The number of imidazole rings is 1. The van der Waals surface area contributed by atoms with Crippen LogP contribution in [0.2, 0.25) is 0 Å². The average molecular weight is 269 g/mol. The minimum atomic E-state index is 0.383. The van der Waals surface area contributed by atoms with Crippen LogP contribution in [-0.4, -0.2) is 16.5 Å². The Kier molecular flexibility index (Phi) is 3.16. The number of hydrogen-bond acceptors (Lipinski definition) is 4. The van der Waals surface area contributed by atoms with Crippen molar-refractivity contribution in [2.45, 2.75) is 6.61 Å². The Balaban J connectivity index is 1.78. The van der Waals surface area contributed by atoms with Crippen LogP contribution in [-0.2, 0) is 6.61 Å². The molecule has 0 unspecified atom stereocenters. The summed E-state index contributed by atoms with van der Waals surface area (Å²) >= 11 is 0. The Bertz CT molecular complexity index is 737. The molecule has 2 aromatic heterocycles. The first kappa shape index (κ1) is 12.3. The van der Waals surface area contributed by atoms with E-state index in [1.807, 2.05) is 53.2 Å². The second-order valence-corrected chi connectivity index (χ2v) is 4.39. The lowest BCUT2D eigenvalue weighted by Gasteiger charge is -2.05. The molecule has 3 rings (SSSR count). The van der Waals surface area contributed by atoms with Crippen LogP contribution in [0, 0.1) is 0 Å². The van der Waals surface area contributed by atoms with Crippen molar-refractivity contribution in [1.82, 2.24) is 9.38 Å². The van der Waals surface area contributed by atoms with Crippen molar-refractivity contribution in [2.75, 3.05) is 12.8 Å². The molecule has 3 aromatic rings. The van der Waals surface area contributed by atoms with Crippen LogP contribution in [0.3, 0.4) is 0 Å². The summed E-state index contributed by atoms with van der Waals surface area (Å²) in [5.41, 5.74) is 8.10. The summed E-state index contributed by atoms with van der Waals surface area (Å²) < 4.78 is 12.8. The lowest BCUT2D eigenvalue weighted by molar-refractivity contribution is 0.299. The summed E-state index contributed by atoms with van der Waals surface area (Å²) in [6.07, 6.45) is 3.82. The molecule has 2 N–H and O–H groups in total. The highest BCUT2D eigenvalue weighted by molar-refractivity contribution is 5.64. The van der Waals surface area contributed by atoms with Crippen LogP contribution >= 0.6 is 0 Å². The maximum absolute atomic E-state index is 5.87. The average Bonchev–Trinajstić information content (AvgIpc) is 2.90. The number of nitrogens with zero attached hydrogens (tertiary/aromatic N) is 2. The summed E-state index contributed by atoms with van der Waals surface area (Å²) in [7, 11) is 1.63. The molecule has 0 saturated carbocycles. The van der Waals surface area contributed by atoms with Gasteiger partial charge in [-0.3, -0.25) is 0 Å². The van der Waals surface area contributed by atoms with Crippen LogP contribution in [0.15, 0.2) is 48.8 Å². The van der Waals surface area contributed by atoms with Gasteiger partial charge in [0, 0.05) is 18.5 Å². The second kappa shape index (κ2) is 5.13. The van der Waals surface area contributed by atoms with Gasteiger partial charge >= 0.3 is 0 Å². The van der Waals surface area contributed by atoms with Crippen molar-refractivity contribution in [1.29, 1.82) is 0 Å². The largest absolute Gasteiger partial charge is 0.497 e. The molecule has 1 aromatic carbocycles. The van der Waals surface area contributed by atoms with Gasteiger partial charge in [0.2, 0.25) is 0 Å². The Labute approximate surface area is 116 Å². The van der Waals surface area contributed by atoms with E-state index < -0.39 is 0 Å². The van der Waals surface area contributed by atoms with Gasteiger partial charge in [-0.15, -0.1) is 0 Å². The van der Waals surface area contributed by atoms with Crippen molar-refractivity contribution >= 4 is 11.3 Å². The number of nitrogen functional groups attached to an aromatic ring is 1. The normalized spacial score (nSPS) is 10.7. The van der Waals surface area contributed by atoms with E-state index in [-0.39, 0.29) is 0 Å². The number of fused-ring (bicyclic) bond motifs is 1. The molecule has 0 bridgehead atoms. The summed E-state index contributed by atoms with van der Waals surface area (Å²) in [5, 5.41) is 0. The molecular weight excluding hydrogens is 254 g/mol. The summed E-state index contributed by atoms with van der Waals surface area (Å²) in [6, 6.07) is 11.2. The van der Waals surface area contributed by atoms with Crippen LogP contribution < -0.4 is 15.2 Å². The number of nitrogens with two attached hydrogens (primary N) is 1. The fraction of sp³-hybridized carbons (Fsp3) is 0.133. The van der Waals surface area contributed by atoms with Crippen molar-refractivity contribution in [3.05, 3.63) is 54.5 Å². The number of anilines is 1. The van der Waals surface area contributed by atoms with Crippen molar-refractivity contribution < 1.29 is 9.47 Å². The van der Waals surface area contributed by atoms with Crippen molar-refractivity contribution in [2.24, 2.45) is 0 Å². The third kappa shape index (κ3) is 2.38. The SMILES string of the molecule is COc1cccc(OCc2cn3cccc(N)c3n2)c1. The maximum Gasteiger partial charge on any atom is 0.160 e. The number of aromatic nitrogens is 2. The van der Waals surface area contributed by atoms with Gasteiger partial charge < -0.3 is 19.6 Å². The molecule has 5 heteroatoms. The zero-order valence-electron chi connectivity index (χ0n) is 11.1. The van der Waals surface area contributed by atoms with E-state index in [2.05, 4.69) is 4.98 Å². The van der Waals surface area contributed by atoms with Gasteiger partial charge in [0.25, 0.3) is 0 Å². The minimum Gasteiger partial charge on any atom is -0.497 e. The molecule has 0 fully saturated rings.